The van der Waals surface area contributed by atoms with Gasteiger partial charge in [0.1, 0.15) is 11.0 Å². The minimum Gasteiger partial charge on any atom is -0.313 e. The summed E-state index contributed by atoms with van der Waals surface area (Å²) in [4.78, 5) is 12.1. The van der Waals surface area contributed by atoms with E-state index in [1.165, 1.54) is 12.8 Å². The van der Waals surface area contributed by atoms with Crippen LogP contribution in [0.1, 0.15) is 31.2 Å². The van der Waals surface area contributed by atoms with Gasteiger partial charge in [-0.05, 0) is 60.9 Å². The normalized spacial score (nSPS) is 19.9. The number of pyridine rings is 1. The van der Waals surface area contributed by atoms with Crippen LogP contribution in [0, 0.1) is 5.92 Å². The number of benzene rings is 1. The van der Waals surface area contributed by atoms with Crippen molar-refractivity contribution in [2.75, 3.05) is 16.3 Å². The van der Waals surface area contributed by atoms with Crippen molar-refractivity contribution < 1.29 is 4.21 Å². The number of hydrogen-bond acceptors (Lipinski definition) is 4. The summed E-state index contributed by atoms with van der Waals surface area (Å²) in [5.74, 6) is 0.640. The van der Waals surface area contributed by atoms with Crippen molar-refractivity contribution >= 4 is 39.5 Å². The minimum atomic E-state index is -1.04. The third-order valence-electron chi connectivity index (χ3n) is 5.48. The number of halogens is 1. The summed E-state index contributed by atoms with van der Waals surface area (Å²) in [6.45, 7) is 1.43. The molecule has 2 aliphatic carbocycles. The molecule has 5 rings (SSSR count). The lowest BCUT2D eigenvalue weighted by Crippen LogP contribution is -2.30. The Bertz CT molecular complexity index is 1060. The van der Waals surface area contributed by atoms with Gasteiger partial charge in [-0.1, -0.05) is 17.7 Å². The molecule has 1 aliphatic heterocycles. The average Bonchev–Trinajstić information content (AvgIpc) is 3.63. The lowest BCUT2D eigenvalue weighted by atomic mass is 10.1. The molecule has 2 N–H and O–H groups in total. The number of hydrazine groups is 1. The van der Waals surface area contributed by atoms with Gasteiger partial charge in [-0.2, -0.15) is 0 Å². The summed E-state index contributed by atoms with van der Waals surface area (Å²) in [5.41, 5.74) is 7.08. The maximum Gasteiger partial charge on any atom is 0.250 e. The Morgan fingerprint density at radius 1 is 1.17 bits per heavy atom. The molecule has 2 fully saturated rings. The van der Waals surface area contributed by atoms with Gasteiger partial charge in [-0.25, -0.2) is 9.63 Å². The van der Waals surface area contributed by atoms with E-state index in [-0.39, 0.29) is 10.8 Å². The number of aromatic nitrogens is 1. The molecule has 3 aliphatic rings. The fraction of sp³-hybridized carbons (Fsp3) is 0.381. The highest BCUT2D eigenvalue weighted by molar-refractivity contribution is 7.87. The number of anilines is 2. The molecule has 1 aromatic carbocycles. The van der Waals surface area contributed by atoms with E-state index >= 15 is 0 Å². The quantitative estimate of drug-likeness (QED) is 0.705. The Hall–Kier alpha value is -2.09. The highest BCUT2D eigenvalue weighted by Gasteiger charge is 2.28. The molecule has 1 aromatic heterocycles. The van der Waals surface area contributed by atoms with E-state index in [1.54, 1.807) is 10.6 Å². The predicted octanol–water partition coefficient (Wildman–Crippen LogP) is 3.52. The third kappa shape index (κ3) is 4.27. The second-order valence-corrected chi connectivity index (χ2v) is 9.85. The summed E-state index contributed by atoms with van der Waals surface area (Å²) in [5, 5.41) is 2.83. The van der Waals surface area contributed by atoms with Gasteiger partial charge >= 0.3 is 0 Å². The van der Waals surface area contributed by atoms with E-state index in [4.69, 9.17) is 11.6 Å². The van der Waals surface area contributed by atoms with Crippen LogP contribution in [-0.4, -0.2) is 20.6 Å². The second kappa shape index (κ2) is 7.63. The Kier molecular flexibility index (Phi) is 4.97. The molecule has 0 amide bonds. The molecule has 8 heteroatoms. The highest BCUT2D eigenvalue weighted by Crippen LogP contribution is 2.33. The maximum atomic E-state index is 12.1. The molecule has 152 valence electrons. The largest absolute Gasteiger partial charge is 0.313 e. The van der Waals surface area contributed by atoms with E-state index in [2.05, 4.69) is 10.1 Å². The maximum absolute atomic E-state index is 12.1. The molecule has 1 unspecified atom stereocenters. The van der Waals surface area contributed by atoms with Gasteiger partial charge in [0.15, 0.2) is 0 Å². The van der Waals surface area contributed by atoms with Crippen LogP contribution in [0.15, 0.2) is 47.5 Å². The van der Waals surface area contributed by atoms with Crippen LogP contribution in [0.3, 0.4) is 0 Å². The van der Waals surface area contributed by atoms with Crippen LogP contribution in [-0.2, 0) is 17.5 Å². The van der Waals surface area contributed by atoms with E-state index in [0.29, 0.717) is 17.5 Å². The second-order valence-electron chi connectivity index (χ2n) is 7.97. The molecular weight excluding hydrogens is 408 g/mol. The molecule has 2 aromatic rings. The zero-order chi connectivity index (χ0) is 20.0. The highest BCUT2D eigenvalue weighted by atomic mass is 35.5. The molecule has 0 spiro atoms. The molecule has 0 saturated heterocycles. The summed E-state index contributed by atoms with van der Waals surface area (Å²) < 4.78 is 16.9. The topological polar surface area (TPSA) is 66.4 Å². The van der Waals surface area contributed by atoms with Crippen molar-refractivity contribution in [3.05, 3.63) is 63.7 Å². The van der Waals surface area contributed by atoms with E-state index < -0.39 is 11.0 Å². The first kappa shape index (κ1) is 18.9. The van der Waals surface area contributed by atoms with Crippen LogP contribution in [0.25, 0.3) is 5.57 Å². The van der Waals surface area contributed by atoms with Crippen LogP contribution in [0.4, 0.5) is 11.4 Å². The number of nitrogens with zero attached hydrogens (tertiary/aromatic N) is 2. The lowest BCUT2D eigenvalue weighted by molar-refractivity contribution is 0.605. The average molecular weight is 431 g/mol. The Morgan fingerprint density at radius 2 is 2.00 bits per heavy atom. The van der Waals surface area contributed by atoms with E-state index in [9.17, 15) is 9.00 Å². The zero-order valence-corrected chi connectivity index (χ0v) is 17.5. The van der Waals surface area contributed by atoms with Gasteiger partial charge in [0, 0.05) is 37.2 Å². The van der Waals surface area contributed by atoms with E-state index in [0.717, 1.165) is 41.9 Å². The van der Waals surface area contributed by atoms with Crippen LogP contribution < -0.4 is 20.7 Å². The monoisotopic (exact) mass is 430 g/mol. The summed E-state index contributed by atoms with van der Waals surface area (Å²) in [6.07, 6.45) is 8.38. The first-order valence-corrected chi connectivity index (χ1v) is 11.6. The Morgan fingerprint density at radius 3 is 2.72 bits per heavy atom. The third-order valence-corrected chi connectivity index (χ3v) is 7.31. The first-order chi connectivity index (χ1) is 14.1. The fourth-order valence-corrected chi connectivity index (χ4v) is 4.84. The molecule has 2 heterocycles. The van der Waals surface area contributed by atoms with Crippen LogP contribution in [0.5, 0.6) is 0 Å². The van der Waals surface area contributed by atoms with Crippen molar-refractivity contribution in [2.24, 2.45) is 5.92 Å². The number of hydrogen-bond donors (Lipinski definition) is 2. The number of rotatable bonds is 7. The Balaban J connectivity index is 1.34. The molecule has 2 saturated carbocycles. The van der Waals surface area contributed by atoms with Gasteiger partial charge in [0.2, 0.25) is 0 Å². The molecule has 6 nitrogen and oxygen atoms in total. The number of nitrogens with one attached hydrogen (secondary N) is 2. The molecule has 0 bridgehead atoms. The first-order valence-electron chi connectivity index (χ1n) is 9.98. The van der Waals surface area contributed by atoms with Crippen molar-refractivity contribution in [2.45, 2.75) is 37.5 Å². The van der Waals surface area contributed by atoms with Gasteiger partial charge in [-0.3, -0.25) is 9.80 Å². The summed E-state index contributed by atoms with van der Waals surface area (Å²) in [6, 6.07) is 9.16. The molecule has 1 atom stereocenters. The van der Waals surface area contributed by atoms with Gasteiger partial charge in [0.05, 0.1) is 16.0 Å². The minimum absolute atomic E-state index is 0.0405. The van der Waals surface area contributed by atoms with Crippen molar-refractivity contribution in [3.8, 4) is 0 Å². The van der Waals surface area contributed by atoms with Gasteiger partial charge < -0.3 is 9.29 Å². The van der Waals surface area contributed by atoms with Crippen molar-refractivity contribution in [1.29, 1.82) is 0 Å². The molecular formula is C21H23ClN4O2S. The SMILES string of the molecule is O=c1ccc(N2C=C(c3ccc(NS(=O)C4CC4)cc3Cl)CN2)cn1CC1CC1. The smallest absolute Gasteiger partial charge is 0.250 e. The molecule has 29 heavy (non-hydrogen) atoms. The zero-order valence-electron chi connectivity index (χ0n) is 15.9. The summed E-state index contributed by atoms with van der Waals surface area (Å²) in [7, 11) is -1.04. The standard InChI is InChI=1S/C21H23ClN4O2S/c22-20-9-16(24-29(28)18-5-6-18)3-7-19(20)15-10-23-26(12-15)17-4-8-21(27)25(13-17)11-14-1-2-14/h3-4,7-9,12-14,18,23-24H,1-2,5-6,10-11H2. The van der Waals surface area contributed by atoms with Crippen LogP contribution >= 0.6 is 11.6 Å². The van der Waals surface area contributed by atoms with E-state index in [1.807, 2.05) is 41.7 Å². The fourth-order valence-electron chi connectivity index (χ4n) is 3.45. The van der Waals surface area contributed by atoms with Crippen LogP contribution in [0.2, 0.25) is 5.02 Å². The predicted molar refractivity (Wildman–Crippen MR) is 118 cm³/mol. The summed E-state index contributed by atoms with van der Waals surface area (Å²) >= 11 is 6.52. The van der Waals surface area contributed by atoms with Crippen molar-refractivity contribution in [1.82, 2.24) is 9.99 Å². The lowest BCUT2D eigenvalue weighted by Gasteiger charge is -2.17. The van der Waals surface area contributed by atoms with Gasteiger partial charge in [-0.15, -0.1) is 0 Å². The Labute approximate surface area is 177 Å². The van der Waals surface area contributed by atoms with Gasteiger partial charge in [0.25, 0.3) is 5.56 Å². The molecule has 0 radical (unpaired) electrons. The van der Waals surface area contributed by atoms with Crippen molar-refractivity contribution in [3.63, 3.8) is 0 Å².